The standard InChI is InChI=1S/C14H18N2O2/c1-9(2)13(17)12-10(3)15-16(14(12)18)11-7-5-4-6-8-11/h4-10,15,17H,1-3H3/b13-12+. The molecule has 18 heavy (non-hydrogen) atoms. The first-order chi connectivity index (χ1) is 8.52. The first-order valence-corrected chi connectivity index (χ1v) is 6.11. The van der Waals surface area contributed by atoms with Gasteiger partial charge in [-0.15, -0.1) is 0 Å². The van der Waals surface area contributed by atoms with Crippen molar-refractivity contribution in [2.24, 2.45) is 5.92 Å². The largest absolute Gasteiger partial charge is 0.511 e. The smallest absolute Gasteiger partial charge is 0.273 e. The number of aliphatic hydroxyl groups is 1. The summed E-state index contributed by atoms with van der Waals surface area (Å²) in [6.07, 6.45) is 0. The molecule has 1 aliphatic heterocycles. The number of para-hydroxylation sites is 1. The molecule has 1 atom stereocenters. The maximum atomic E-state index is 12.3. The van der Waals surface area contributed by atoms with E-state index in [-0.39, 0.29) is 23.6 Å². The van der Waals surface area contributed by atoms with E-state index in [1.54, 1.807) is 0 Å². The highest BCUT2D eigenvalue weighted by Gasteiger charge is 2.36. The van der Waals surface area contributed by atoms with Gasteiger partial charge >= 0.3 is 0 Å². The molecule has 4 heteroatoms. The van der Waals surface area contributed by atoms with Gasteiger partial charge in [-0.2, -0.15) is 0 Å². The Labute approximate surface area is 107 Å². The number of nitrogens with one attached hydrogen (secondary N) is 1. The average Bonchev–Trinajstić information content (AvgIpc) is 2.65. The topological polar surface area (TPSA) is 52.6 Å². The van der Waals surface area contributed by atoms with Crippen molar-refractivity contribution in [3.05, 3.63) is 41.7 Å². The number of benzene rings is 1. The quantitative estimate of drug-likeness (QED) is 0.622. The van der Waals surface area contributed by atoms with Gasteiger partial charge in [-0.05, 0) is 19.1 Å². The Morgan fingerprint density at radius 3 is 2.50 bits per heavy atom. The number of allylic oxidation sites excluding steroid dienone is 1. The van der Waals surface area contributed by atoms with Gasteiger partial charge in [-0.25, -0.2) is 10.4 Å². The summed E-state index contributed by atoms with van der Waals surface area (Å²) in [6.45, 7) is 5.61. The summed E-state index contributed by atoms with van der Waals surface area (Å²) in [6, 6.07) is 9.17. The minimum absolute atomic E-state index is 0.0519. The van der Waals surface area contributed by atoms with Gasteiger partial charge < -0.3 is 5.11 Å². The molecule has 2 rings (SSSR count). The Kier molecular flexibility index (Phi) is 3.39. The van der Waals surface area contributed by atoms with Crippen molar-refractivity contribution in [2.75, 3.05) is 5.01 Å². The fourth-order valence-electron chi connectivity index (χ4n) is 2.03. The van der Waals surface area contributed by atoms with E-state index in [4.69, 9.17) is 0 Å². The average molecular weight is 246 g/mol. The molecule has 1 unspecified atom stereocenters. The van der Waals surface area contributed by atoms with Crippen LogP contribution in [-0.4, -0.2) is 17.1 Å². The van der Waals surface area contributed by atoms with Gasteiger partial charge in [0.1, 0.15) is 5.76 Å². The van der Waals surface area contributed by atoms with Crippen molar-refractivity contribution in [1.29, 1.82) is 0 Å². The van der Waals surface area contributed by atoms with Gasteiger partial charge in [0.15, 0.2) is 0 Å². The molecule has 0 radical (unpaired) electrons. The number of rotatable bonds is 2. The van der Waals surface area contributed by atoms with Crippen LogP contribution >= 0.6 is 0 Å². The molecule has 0 aromatic heterocycles. The van der Waals surface area contributed by atoms with E-state index in [2.05, 4.69) is 5.43 Å². The number of amides is 1. The molecule has 1 aromatic carbocycles. The molecule has 2 N–H and O–H groups in total. The summed E-state index contributed by atoms with van der Waals surface area (Å²) in [4.78, 5) is 12.3. The molecule has 1 heterocycles. The lowest BCUT2D eigenvalue weighted by molar-refractivity contribution is -0.114. The van der Waals surface area contributed by atoms with Crippen LogP contribution in [0.4, 0.5) is 5.69 Å². The Morgan fingerprint density at radius 2 is 1.94 bits per heavy atom. The molecule has 1 aliphatic rings. The van der Waals surface area contributed by atoms with Crippen LogP contribution in [0.2, 0.25) is 0 Å². The van der Waals surface area contributed by atoms with Crippen LogP contribution < -0.4 is 10.4 Å². The number of hydrogen-bond donors (Lipinski definition) is 2. The second-order valence-electron chi connectivity index (χ2n) is 4.78. The SMILES string of the molecule is CC(C)/C(O)=C1\C(=O)N(c2ccccc2)NC1C. The second kappa shape index (κ2) is 4.82. The Morgan fingerprint density at radius 1 is 1.33 bits per heavy atom. The zero-order valence-electron chi connectivity index (χ0n) is 10.8. The van der Waals surface area contributed by atoms with E-state index < -0.39 is 0 Å². The van der Waals surface area contributed by atoms with Crippen LogP contribution in [-0.2, 0) is 4.79 Å². The van der Waals surface area contributed by atoms with E-state index in [9.17, 15) is 9.90 Å². The third-order valence-corrected chi connectivity index (χ3v) is 3.03. The molecule has 96 valence electrons. The molecular weight excluding hydrogens is 228 g/mol. The van der Waals surface area contributed by atoms with Gasteiger partial charge in [0.25, 0.3) is 5.91 Å². The van der Waals surface area contributed by atoms with Crippen LogP contribution in [0.1, 0.15) is 20.8 Å². The Balaban J connectivity index is 2.36. The summed E-state index contributed by atoms with van der Waals surface area (Å²) in [7, 11) is 0. The number of carbonyl (C=O) groups is 1. The first-order valence-electron chi connectivity index (χ1n) is 6.11. The van der Waals surface area contributed by atoms with E-state index in [1.807, 2.05) is 51.1 Å². The molecule has 1 aromatic rings. The minimum atomic E-state index is -0.181. The predicted molar refractivity (Wildman–Crippen MR) is 71.0 cm³/mol. The zero-order chi connectivity index (χ0) is 13.3. The number of aliphatic hydroxyl groups excluding tert-OH is 1. The number of hydrazine groups is 1. The molecule has 0 spiro atoms. The molecule has 0 saturated carbocycles. The lowest BCUT2D eigenvalue weighted by Gasteiger charge is -2.15. The van der Waals surface area contributed by atoms with E-state index in [0.717, 1.165) is 5.69 Å². The van der Waals surface area contributed by atoms with Gasteiger partial charge in [0.2, 0.25) is 0 Å². The zero-order valence-corrected chi connectivity index (χ0v) is 10.8. The monoisotopic (exact) mass is 246 g/mol. The van der Waals surface area contributed by atoms with E-state index in [0.29, 0.717) is 5.57 Å². The van der Waals surface area contributed by atoms with Crippen molar-refractivity contribution >= 4 is 11.6 Å². The van der Waals surface area contributed by atoms with Crippen LogP contribution in [0.5, 0.6) is 0 Å². The predicted octanol–water partition coefficient (Wildman–Crippen LogP) is 2.39. The third kappa shape index (κ3) is 2.11. The normalized spacial score (nSPS) is 22.8. The number of carbonyl (C=O) groups excluding carboxylic acids is 1. The highest BCUT2D eigenvalue weighted by atomic mass is 16.3. The summed E-state index contributed by atoms with van der Waals surface area (Å²) < 4.78 is 0. The number of nitrogens with zero attached hydrogens (tertiary/aromatic N) is 1. The van der Waals surface area contributed by atoms with Crippen molar-refractivity contribution in [3.63, 3.8) is 0 Å². The summed E-state index contributed by atoms with van der Waals surface area (Å²) >= 11 is 0. The van der Waals surface area contributed by atoms with Crippen molar-refractivity contribution in [3.8, 4) is 0 Å². The molecule has 4 nitrogen and oxygen atoms in total. The number of hydrogen-bond acceptors (Lipinski definition) is 3. The van der Waals surface area contributed by atoms with Gasteiger partial charge in [0.05, 0.1) is 17.3 Å². The van der Waals surface area contributed by atoms with Crippen LogP contribution in [0, 0.1) is 5.92 Å². The fourth-order valence-corrected chi connectivity index (χ4v) is 2.03. The highest BCUT2D eigenvalue weighted by Crippen LogP contribution is 2.26. The Hall–Kier alpha value is -1.81. The molecule has 0 aliphatic carbocycles. The lowest BCUT2D eigenvalue weighted by atomic mass is 10.0. The third-order valence-electron chi connectivity index (χ3n) is 3.03. The maximum absolute atomic E-state index is 12.3. The Bertz CT molecular complexity index is 480. The molecule has 1 saturated heterocycles. The van der Waals surface area contributed by atoms with Crippen molar-refractivity contribution in [2.45, 2.75) is 26.8 Å². The summed E-state index contributed by atoms with van der Waals surface area (Å²) in [5.41, 5.74) is 4.30. The van der Waals surface area contributed by atoms with Gasteiger partial charge in [-0.3, -0.25) is 4.79 Å². The second-order valence-corrected chi connectivity index (χ2v) is 4.78. The van der Waals surface area contributed by atoms with Crippen molar-refractivity contribution in [1.82, 2.24) is 5.43 Å². The van der Waals surface area contributed by atoms with E-state index in [1.165, 1.54) is 5.01 Å². The molecule has 1 fully saturated rings. The first kappa shape index (κ1) is 12.6. The minimum Gasteiger partial charge on any atom is -0.511 e. The van der Waals surface area contributed by atoms with Crippen LogP contribution in [0.3, 0.4) is 0 Å². The van der Waals surface area contributed by atoms with Gasteiger partial charge in [-0.1, -0.05) is 32.0 Å². The lowest BCUT2D eigenvalue weighted by Crippen LogP contribution is -2.36. The molecule has 1 amide bonds. The summed E-state index contributed by atoms with van der Waals surface area (Å²) in [5, 5.41) is 11.5. The summed E-state index contributed by atoms with van der Waals surface area (Å²) in [5.74, 6) is -0.0674. The molecule has 0 bridgehead atoms. The fraction of sp³-hybridized carbons (Fsp3) is 0.357. The number of anilines is 1. The van der Waals surface area contributed by atoms with Crippen LogP contribution in [0.15, 0.2) is 41.7 Å². The molecular formula is C14H18N2O2. The van der Waals surface area contributed by atoms with Crippen LogP contribution in [0.25, 0.3) is 0 Å². The van der Waals surface area contributed by atoms with Crippen molar-refractivity contribution < 1.29 is 9.90 Å². The maximum Gasteiger partial charge on any atom is 0.273 e. The van der Waals surface area contributed by atoms with E-state index >= 15 is 0 Å². The highest BCUT2D eigenvalue weighted by molar-refractivity contribution is 6.08. The van der Waals surface area contributed by atoms with Gasteiger partial charge in [0, 0.05) is 5.92 Å².